The largest absolute Gasteiger partial charge is 0.383 e. The minimum Gasteiger partial charge on any atom is -0.383 e. The van der Waals surface area contributed by atoms with Crippen LogP contribution in [0.25, 0.3) is 0 Å². The molecule has 0 fully saturated rings. The summed E-state index contributed by atoms with van der Waals surface area (Å²) < 4.78 is 5.12. The van der Waals surface area contributed by atoms with E-state index in [1.807, 2.05) is 0 Å². The van der Waals surface area contributed by atoms with Gasteiger partial charge < -0.3 is 10.1 Å². The third-order valence-corrected chi connectivity index (χ3v) is 4.05. The lowest BCUT2D eigenvalue weighted by molar-refractivity contribution is 0.197. The minimum absolute atomic E-state index is 0.598. The lowest BCUT2D eigenvalue weighted by Gasteiger charge is -2.19. The molecule has 1 N–H and O–H groups in total. The van der Waals surface area contributed by atoms with Gasteiger partial charge in [-0.3, -0.25) is 0 Å². The van der Waals surface area contributed by atoms with Crippen LogP contribution in [0.3, 0.4) is 0 Å². The smallest absolute Gasteiger partial charge is 0.0587 e. The van der Waals surface area contributed by atoms with Gasteiger partial charge >= 0.3 is 0 Å². The minimum atomic E-state index is 0.598. The Kier molecular flexibility index (Phi) is 7.14. The van der Waals surface area contributed by atoms with Crippen molar-refractivity contribution in [1.29, 1.82) is 0 Å². The van der Waals surface area contributed by atoms with E-state index in [0.717, 1.165) is 32.5 Å². The van der Waals surface area contributed by atoms with Gasteiger partial charge in [-0.2, -0.15) is 0 Å². The van der Waals surface area contributed by atoms with E-state index >= 15 is 0 Å². The van der Waals surface area contributed by atoms with Crippen LogP contribution in [0.4, 0.5) is 0 Å². The van der Waals surface area contributed by atoms with Crippen molar-refractivity contribution in [3.05, 3.63) is 71.3 Å². The van der Waals surface area contributed by atoms with Crippen molar-refractivity contribution < 1.29 is 4.74 Å². The first kappa shape index (κ1) is 16.7. The number of aryl methyl sites for hydroxylation is 1. The van der Waals surface area contributed by atoms with E-state index in [-0.39, 0.29) is 0 Å². The summed E-state index contributed by atoms with van der Waals surface area (Å²) in [6, 6.07) is 19.5. The Balaban J connectivity index is 1.99. The molecule has 2 nitrogen and oxygen atoms in total. The van der Waals surface area contributed by atoms with Gasteiger partial charge in [-0.15, -0.1) is 0 Å². The predicted octanol–water partition coefficient (Wildman–Crippen LogP) is 3.63. The van der Waals surface area contributed by atoms with Crippen LogP contribution in [-0.2, 0) is 17.6 Å². The SMILES string of the molecule is COCCNCC(Cc1ccccc1)Cc1ccccc1C. The summed E-state index contributed by atoms with van der Waals surface area (Å²) in [4.78, 5) is 0. The third kappa shape index (κ3) is 5.63. The molecule has 0 spiro atoms. The molecular formula is C20H27NO. The molecular weight excluding hydrogens is 270 g/mol. The molecule has 0 amide bonds. The average molecular weight is 297 g/mol. The van der Waals surface area contributed by atoms with Gasteiger partial charge in [-0.05, 0) is 48.9 Å². The molecule has 2 aromatic carbocycles. The fourth-order valence-electron chi connectivity index (χ4n) is 2.79. The van der Waals surface area contributed by atoms with Crippen LogP contribution >= 0.6 is 0 Å². The van der Waals surface area contributed by atoms with Crippen LogP contribution in [0.15, 0.2) is 54.6 Å². The quantitative estimate of drug-likeness (QED) is 0.714. The molecule has 1 unspecified atom stereocenters. The summed E-state index contributed by atoms with van der Waals surface area (Å²) >= 11 is 0. The zero-order chi connectivity index (χ0) is 15.6. The number of hydrogen-bond acceptors (Lipinski definition) is 2. The fraction of sp³-hybridized carbons (Fsp3) is 0.400. The molecule has 1 atom stereocenters. The van der Waals surface area contributed by atoms with E-state index in [0.29, 0.717) is 5.92 Å². The monoisotopic (exact) mass is 297 g/mol. The molecule has 2 heteroatoms. The zero-order valence-electron chi connectivity index (χ0n) is 13.7. The number of methoxy groups -OCH3 is 1. The summed E-state index contributed by atoms with van der Waals surface area (Å²) in [5.41, 5.74) is 4.25. The van der Waals surface area contributed by atoms with Crippen LogP contribution in [0.1, 0.15) is 16.7 Å². The molecule has 0 saturated heterocycles. The van der Waals surface area contributed by atoms with Crippen molar-refractivity contribution in [2.45, 2.75) is 19.8 Å². The lowest BCUT2D eigenvalue weighted by Crippen LogP contribution is -2.28. The van der Waals surface area contributed by atoms with Crippen molar-refractivity contribution in [1.82, 2.24) is 5.32 Å². The molecule has 0 aromatic heterocycles. The molecule has 0 aliphatic rings. The van der Waals surface area contributed by atoms with Gasteiger partial charge in [-0.25, -0.2) is 0 Å². The number of hydrogen-bond donors (Lipinski definition) is 1. The third-order valence-electron chi connectivity index (χ3n) is 4.05. The van der Waals surface area contributed by atoms with E-state index in [9.17, 15) is 0 Å². The normalized spacial score (nSPS) is 12.3. The van der Waals surface area contributed by atoms with Crippen molar-refractivity contribution in [2.24, 2.45) is 5.92 Å². The molecule has 2 aromatic rings. The van der Waals surface area contributed by atoms with E-state index in [2.05, 4.69) is 66.8 Å². The van der Waals surface area contributed by atoms with E-state index in [1.165, 1.54) is 16.7 Å². The maximum atomic E-state index is 5.12. The number of ether oxygens (including phenoxy) is 1. The highest BCUT2D eigenvalue weighted by atomic mass is 16.5. The molecule has 0 radical (unpaired) electrons. The van der Waals surface area contributed by atoms with Crippen LogP contribution < -0.4 is 5.32 Å². The van der Waals surface area contributed by atoms with Gasteiger partial charge in [0.15, 0.2) is 0 Å². The molecule has 22 heavy (non-hydrogen) atoms. The first-order valence-corrected chi connectivity index (χ1v) is 8.07. The second-order valence-corrected chi connectivity index (χ2v) is 5.88. The highest BCUT2D eigenvalue weighted by Crippen LogP contribution is 2.17. The highest BCUT2D eigenvalue weighted by molar-refractivity contribution is 5.26. The molecule has 118 valence electrons. The molecule has 0 aliphatic carbocycles. The maximum Gasteiger partial charge on any atom is 0.0587 e. The standard InChI is InChI=1S/C20H27NO/c1-17-8-6-7-11-20(17)15-19(16-21-12-13-22-2)14-18-9-4-3-5-10-18/h3-11,19,21H,12-16H2,1-2H3. The molecule has 0 heterocycles. The summed E-state index contributed by atoms with van der Waals surface area (Å²) in [7, 11) is 1.75. The Hall–Kier alpha value is -1.64. The first-order chi connectivity index (χ1) is 10.8. The van der Waals surface area contributed by atoms with Crippen LogP contribution in [0.2, 0.25) is 0 Å². The second-order valence-electron chi connectivity index (χ2n) is 5.88. The van der Waals surface area contributed by atoms with Crippen molar-refractivity contribution in [3.8, 4) is 0 Å². The topological polar surface area (TPSA) is 21.3 Å². The van der Waals surface area contributed by atoms with Crippen molar-refractivity contribution in [2.75, 3.05) is 26.8 Å². The van der Waals surface area contributed by atoms with Crippen LogP contribution in [-0.4, -0.2) is 26.8 Å². The molecule has 0 aliphatic heterocycles. The number of rotatable bonds is 9. The van der Waals surface area contributed by atoms with Crippen LogP contribution in [0.5, 0.6) is 0 Å². The van der Waals surface area contributed by atoms with E-state index in [4.69, 9.17) is 4.74 Å². The zero-order valence-corrected chi connectivity index (χ0v) is 13.7. The Bertz CT molecular complexity index is 538. The van der Waals surface area contributed by atoms with Gasteiger partial charge in [0, 0.05) is 13.7 Å². The predicted molar refractivity (Wildman–Crippen MR) is 93.3 cm³/mol. The lowest BCUT2D eigenvalue weighted by atomic mass is 9.90. The van der Waals surface area contributed by atoms with E-state index < -0.39 is 0 Å². The van der Waals surface area contributed by atoms with Gasteiger partial charge in [0.25, 0.3) is 0 Å². The van der Waals surface area contributed by atoms with E-state index in [1.54, 1.807) is 7.11 Å². The van der Waals surface area contributed by atoms with Gasteiger partial charge in [0.1, 0.15) is 0 Å². The number of nitrogens with one attached hydrogen (secondary N) is 1. The maximum absolute atomic E-state index is 5.12. The van der Waals surface area contributed by atoms with Gasteiger partial charge in [0.05, 0.1) is 6.61 Å². The van der Waals surface area contributed by atoms with Crippen molar-refractivity contribution >= 4 is 0 Å². The summed E-state index contributed by atoms with van der Waals surface area (Å²) in [5, 5.41) is 3.52. The summed E-state index contributed by atoms with van der Waals surface area (Å²) in [6.45, 7) is 4.90. The summed E-state index contributed by atoms with van der Waals surface area (Å²) in [6.07, 6.45) is 2.22. The van der Waals surface area contributed by atoms with Gasteiger partial charge in [0.2, 0.25) is 0 Å². The average Bonchev–Trinajstić information content (AvgIpc) is 2.54. The highest BCUT2D eigenvalue weighted by Gasteiger charge is 2.12. The molecule has 0 bridgehead atoms. The van der Waals surface area contributed by atoms with Crippen molar-refractivity contribution in [3.63, 3.8) is 0 Å². The molecule has 0 saturated carbocycles. The Morgan fingerprint density at radius 1 is 0.955 bits per heavy atom. The summed E-state index contributed by atoms with van der Waals surface area (Å²) in [5.74, 6) is 0.598. The Morgan fingerprint density at radius 3 is 2.41 bits per heavy atom. The van der Waals surface area contributed by atoms with Crippen LogP contribution in [0, 0.1) is 12.8 Å². The number of benzene rings is 2. The first-order valence-electron chi connectivity index (χ1n) is 8.07. The Morgan fingerprint density at radius 2 is 1.68 bits per heavy atom. The second kappa shape index (κ2) is 9.39. The van der Waals surface area contributed by atoms with Gasteiger partial charge in [-0.1, -0.05) is 54.6 Å². The fourth-order valence-corrected chi connectivity index (χ4v) is 2.79. The Labute approximate surface area is 134 Å². The molecule has 2 rings (SSSR count).